The maximum absolute atomic E-state index is 12.3. The Balaban J connectivity index is 2.26. The van der Waals surface area contributed by atoms with Gasteiger partial charge in [0.05, 0.1) is 5.69 Å². The zero-order chi connectivity index (χ0) is 14.5. The minimum absolute atomic E-state index is 0.541. The number of alkyl halides is 2. The molecule has 1 aromatic heterocycles. The highest BCUT2D eigenvalue weighted by atomic mass is 79.9. The first-order chi connectivity index (χ1) is 9.58. The number of benzene rings is 1. The number of nitrogens with zero attached hydrogens (tertiary/aromatic N) is 2. The highest BCUT2D eigenvalue weighted by Crippen LogP contribution is 2.28. The maximum Gasteiger partial charge on any atom is 0.288 e. The summed E-state index contributed by atoms with van der Waals surface area (Å²) in [5.74, 6) is -1.62. The smallest absolute Gasteiger partial charge is 0.233 e. The molecule has 0 saturated carbocycles. The van der Waals surface area contributed by atoms with E-state index < -0.39 is 5.76 Å². The van der Waals surface area contributed by atoms with E-state index in [0.717, 1.165) is 34.5 Å². The van der Waals surface area contributed by atoms with Crippen LogP contribution < -0.4 is 0 Å². The number of rotatable bonds is 5. The monoisotopic (exact) mass is 358 g/mol. The fraction of sp³-hybridized carbons (Fsp3) is 0.286. The molecule has 0 unspecified atom stereocenters. The van der Waals surface area contributed by atoms with E-state index in [0.29, 0.717) is 16.7 Å². The van der Waals surface area contributed by atoms with Crippen molar-refractivity contribution in [2.24, 2.45) is 0 Å². The molecule has 0 spiro atoms. The molecule has 6 heteroatoms. The number of thioether (sulfide) groups is 1. The molecular formula is C14H13BrF2N2S. The summed E-state index contributed by atoms with van der Waals surface area (Å²) in [6.45, 7) is 2.07. The number of aromatic nitrogens is 2. The molecule has 0 atom stereocenters. The molecule has 0 aliphatic carbocycles. The van der Waals surface area contributed by atoms with Gasteiger partial charge in [-0.05, 0) is 40.5 Å². The van der Waals surface area contributed by atoms with Gasteiger partial charge < -0.3 is 0 Å². The van der Waals surface area contributed by atoms with E-state index >= 15 is 0 Å². The van der Waals surface area contributed by atoms with Gasteiger partial charge in [0.1, 0.15) is 10.4 Å². The van der Waals surface area contributed by atoms with Gasteiger partial charge in [-0.3, -0.25) is 0 Å². The lowest BCUT2D eigenvalue weighted by atomic mass is 10.1. The minimum Gasteiger partial charge on any atom is -0.233 e. The summed E-state index contributed by atoms with van der Waals surface area (Å²) in [5, 5.41) is 0. The highest BCUT2D eigenvalue weighted by molar-refractivity contribution is 9.10. The molecule has 2 nitrogen and oxygen atoms in total. The van der Waals surface area contributed by atoms with E-state index in [4.69, 9.17) is 0 Å². The van der Waals surface area contributed by atoms with Crippen molar-refractivity contribution >= 4 is 27.7 Å². The topological polar surface area (TPSA) is 25.8 Å². The Morgan fingerprint density at radius 2 is 1.90 bits per heavy atom. The van der Waals surface area contributed by atoms with Crippen LogP contribution in [0.4, 0.5) is 8.78 Å². The van der Waals surface area contributed by atoms with Crippen molar-refractivity contribution in [1.82, 2.24) is 9.97 Å². The molecule has 1 aromatic carbocycles. The Hall–Kier alpha value is -1.01. The standard InChI is InChI=1S/C14H13BrF2N2S/c1-2-3-13-18-11(8-12(15)19-13)9-4-6-10(7-5-9)20-14(16)17/h4-8,14H,2-3H2,1H3. The molecule has 0 saturated heterocycles. The van der Waals surface area contributed by atoms with Crippen LogP contribution in [0.2, 0.25) is 0 Å². The molecular weight excluding hydrogens is 346 g/mol. The van der Waals surface area contributed by atoms with E-state index in [2.05, 4.69) is 32.8 Å². The first kappa shape index (κ1) is 15.4. The number of hydrogen-bond donors (Lipinski definition) is 0. The predicted molar refractivity (Wildman–Crippen MR) is 81.0 cm³/mol. The Morgan fingerprint density at radius 3 is 2.50 bits per heavy atom. The van der Waals surface area contributed by atoms with Gasteiger partial charge in [0.25, 0.3) is 5.76 Å². The van der Waals surface area contributed by atoms with Crippen molar-refractivity contribution in [1.29, 1.82) is 0 Å². The molecule has 0 aliphatic rings. The molecule has 20 heavy (non-hydrogen) atoms. The van der Waals surface area contributed by atoms with Crippen molar-refractivity contribution in [3.8, 4) is 11.3 Å². The van der Waals surface area contributed by atoms with Crippen LogP contribution in [0.25, 0.3) is 11.3 Å². The van der Waals surface area contributed by atoms with Crippen molar-refractivity contribution in [3.63, 3.8) is 0 Å². The molecule has 0 bridgehead atoms. The molecule has 0 radical (unpaired) electrons. The van der Waals surface area contributed by atoms with E-state index in [1.807, 2.05) is 6.07 Å². The quantitative estimate of drug-likeness (QED) is 0.544. The van der Waals surface area contributed by atoms with Crippen LogP contribution in [0.3, 0.4) is 0 Å². The fourth-order valence-electron chi connectivity index (χ4n) is 1.76. The van der Waals surface area contributed by atoms with Crippen LogP contribution in [0, 0.1) is 0 Å². The third-order valence-electron chi connectivity index (χ3n) is 2.59. The average molecular weight is 359 g/mol. The second kappa shape index (κ2) is 7.13. The largest absolute Gasteiger partial charge is 0.288 e. The second-order valence-corrected chi connectivity index (χ2v) is 6.02. The molecule has 2 rings (SSSR count). The Morgan fingerprint density at radius 1 is 1.20 bits per heavy atom. The van der Waals surface area contributed by atoms with Crippen LogP contribution in [-0.2, 0) is 6.42 Å². The lowest BCUT2D eigenvalue weighted by molar-refractivity contribution is 0.252. The predicted octanol–water partition coefficient (Wildman–Crippen LogP) is 5.17. The first-order valence-electron chi connectivity index (χ1n) is 6.17. The summed E-state index contributed by atoms with van der Waals surface area (Å²) in [6, 6.07) is 8.79. The summed E-state index contributed by atoms with van der Waals surface area (Å²) < 4.78 is 25.3. The summed E-state index contributed by atoms with van der Waals surface area (Å²) in [5.41, 5.74) is 1.69. The maximum atomic E-state index is 12.3. The molecule has 0 aliphatic heterocycles. The summed E-state index contributed by atoms with van der Waals surface area (Å²) >= 11 is 3.91. The van der Waals surface area contributed by atoms with Crippen LogP contribution >= 0.6 is 27.7 Å². The zero-order valence-corrected chi connectivity index (χ0v) is 13.2. The highest BCUT2D eigenvalue weighted by Gasteiger charge is 2.08. The third kappa shape index (κ3) is 4.24. The Kier molecular flexibility index (Phi) is 5.48. The summed E-state index contributed by atoms with van der Waals surface area (Å²) in [4.78, 5) is 9.34. The van der Waals surface area contributed by atoms with Gasteiger partial charge in [0.2, 0.25) is 0 Å². The molecule has 106 valence electrons. The lowest BCUT2D eigenvalue weighted by Crippen LogP contribution is -1.97. The van der Waals surface area contributed by atoms with Crippen LogP contribution in [-0.4, -0.2) is 15.7 Å². The van der Waals surface area contributed by atoms with Crippen molar-refractivity contribution in [3.05, 3.63) is 40.8 Å². The number of aryl methyl sites for hydroxylation is 1. The van der Waals surface area contributed by atoms with Gasteiger partial charge in [-0.1, -0.05) is 30.8 Å². The van der Waals surface area contributed by atoms with Crippen molar-refractivity contribution in [2.45, 2.75) is 30.4 Å². The second-order valence-electron chi connectivity index (χ2n) is 4.15. The van der Waals surface area contributed by atoms with Gasteiger partial charge in [0, 0.05) is 16.9 Å². The fourth-order valence-corrected chi connectivity index (χ4v) is 2.68. The normalized spacial score (nSPS) is 11.1. The molecule has 0 N–H and O–H groups in total. The van der Waals surface area contributed by atoms with Gasteiger partial charge >= 0.3 is 0 Å². The average Bonchev–Trinajstić information content (AvgIpc) is 2.38. The van der Waals surface area contributed by atoms with Crippen LogP contribution in [0.1, 0.15) is 19.2 Å². The zero-order valence-electron chi connectivity index (χ0n) is 10.8. The minimum atomic E-state index is -2.40. The first-order valence-corrected chi connectivity index (χ1v) is 7.84. The van der Waals surface area contributed by atoms with Crippen molar-refractivity contribution < 1.29 is 8.78 Å². The van der Waals surface area contributed by atoms with E-state index in [1.54, 1.807) is 24.3 Å². The van der Waals surface area contributed by atoms with Crippen LogP contribution in [0.15, 0.2) is 39.8 Å². The number of hydrogen-bond acceptors (Lipinski definition) is 3. The van der Waals surface area contributed by atoms with Gasteiger partial charge in [-0.2, -0.15) is 8.78 Å². The van der Waals surface area contributed by atoms with Crippen LogP contribution in [0.5, 0.6) is 0 Å². The molecule has 0 fully saturated rings. The summed E-state index contributed by atoms with van der Waals surface area (Å²) in [7, 11) is 0. The Bertz CT molecular complexity index is 576. The molecule has 0 amide bonds. The van der Waals surface area contributed by atoms with E-state index in [1.165, 1.54) is 0 Å². The Labute approximate surface area is 129 Å². The van der Waals surface area contributed by atoms with Gasteiger partial charge in [-0.15, -0.1) is 0 Å². The molecule has 2 aromatic rings. The third-order valence-corrected chi connectivity index (χ3v) is 3.72. The van der Waals surface area contributed by atoms with Crippen molar-refractivity contribution in [2.75, 3.05) is 0 Å². The number of halogens is 3. The summed E-state index contributed by atoms with van der Waals surface area (Å²) in [6.07, 6.45) is 1.78. The lowest BCUT2D eigenvalue weighted by Gasteiger charge is -2.06. The SMILES string of the molecule is CCCc1nc(Br)cc(-c2ccc(SC(F)F)cc2)n1. The molecule has 1 heterocycles. The van der Waals surface area contributed by atoms with E-state index in [9.17, 15) is 8.78 Å². The van der Waals surface area contributed by atoms with E-state index in [-0.39, 0.29) is 0 Å². The van der Waals surface area contributed by atoms with Gasteiger partial charge in [-0.25, -0.2) is 9.97 Å². The van der Waals surface area contributed by atoms with Gasteiger partial charge in [0.15, 0.2) is 0 Å².